The van der Waals surface area contributed by atoms with Crippen molar-refractivity contribution in [1.29, 1.82) is 0 Å². The van der Waals surface area contributed by atoms with Crippen LogP contribution in [0.1, 0.15) is 23.9 Å². The van der Waals surface area contributed by atoms with E-state index in [0.29, 0.717) is 12.0 Å². The average Bonchev–Trinajstić information content (AvgIpc) is 2.69. The fourth-order valence-corrected chi connectivity index (χ4v) is 3.34. The van der Waals surface area contributed by atoms with Gasteiger partial charge >= 0.3 is 0 Å². The molecule has 0 aliphatic carbocycles. The van der Waals surface area contributed by atoms with Gasteiger partial charge in [-0.1, -0.05) is 18.1 Å². The summed E-state index contributed by atoms with van der Waals surface area (Å²) < 4.78 is 45.3. The highest BCUT2D eigenvalue weighted by atomic mass is 32.2. The van der Waals surface area contributed by atoms with E-state index in [-0.39, 0.29) is 22.0 Å². The number of hydrogen-bond acceptors (Lipinski definition) is 4. The maximum atomic E-state index is 13.7. The first kappa shape index (κ1) is 14.5. The molecule has 0 fully saturated rings. The first-order valence-electron chi connectivity index (χ1n) is 6.09. The monoisotopic (exact) mass is 298 g/mol. The molecule has 1 aromatic heterocycles. The van der Waals surface area contributed by atoms with Crippen LogP contribution < -0.4 is 4.72 Å². The Morgan fingerprint density at radius 1 is 1.35 bits per heavy atom. The van der Waals surface area contributed by atoms with Gasteiger partial charge in [0.05, 0.1) is 5.69 Å². The number of halogens is 1. The lowest BCUT2D eigenvalue weighted by molar-refractivity contribution is 0.390. The summed E-state index contributed by atoms with van der Waals surface area (Å²) in [5, 5.41) is 3.60. The predicted octanol–water partition coefficient (Wildman–Crippen LogP) is 2.79. The quantitative estimate of drug-likeness (QED) is 0.942. The van der Waals surface area contributed by atoms with Gasteiger partial charge in [-0.15, -0.1) is 0 Å². The summed E-state index contributed by atoms with van der Waals surface area (Å²) in [4.78, 5) is -0.0162. The van der Waals surface area contributed by atoms with E-state index < -0.39 is 15.8 Å². The van der Waals surface area contributed by atoms with Crippen LogP contribution in [0.15, 0.2) is 27.6 Å². The highest BCUT2D eigenvalue weighted by molar-refractivity contribution is 7.92. The number of nitrogens with zero attached hydrogens (tertiary/aromatic N) is 1. The minimum absolute atomic E-state index is 0.0162. The van der Waals surface area contributed by atoms with Crippen LogP contribution >= 0.6 is 0 Å². The Balaban J connectivity index is 2.36. The van der Waals surface area contributed by atoms with Crippen molar-refractivity contribution in [3.05, 3.63) is 41.0 Å². The largest absolute Gasteiger partial charge is 0.360 e. The van der Waals surface area contributed by atoms with Crippen molar-refractivity contribution in [2.45, 2.75) is 32.1 Å². The summed E-state index contributed by atoms with van der Waals surface area (Å²) in [6.07, 6.45) is 0.544. The zero-order chi connectivity index (χ0) is 14.9. The van der Waals surface area contributed by atoms with Gasteiger partial charge in [0.2, 0.25) is 0 Å². The third kappa shape index (κ3) is 2.67. The van der Waals surface area contributed by atoms with Gasteiger partial charge in [0.15, 0.2) is 10.7 Å². The molecule has 1 heterocycles. The standard InChI is InChI=1S/C13H15FN2O3S/c1-4-10-5-6-11(7-12(10)14)16-20(17,18)13-8(2)15-19-9(13)3/h5-7,16H,4H2,1-3H3. The fourth-order valence-electron chi connectivity index (χ4n) is 1.96. The fraction of sp³-hybridized carbons (Fsp3) is 0.308. The summed E-state index contributed by atoms with van der Waals surface area (Å²) in [6.45, 7) is 4.87. The average molecular weight is 298 g/mol. The van der Waals surface area contributed by atoms with Gasteiger partial charge in [0, 0.05) is 0 Å². The molecule has 0 spiro atoms. The van der Waals surface area contributed by atoms with E-state index in [1.54, 1.807) is 6.07 Å². The van der Waals surface area contributed by atoms with Crippen molar-refractivity contribution in [2.24, 2.45) is 0 Å². The molecule has 0 amide bonds. The van der Waals surface area contributed by atoms with Crippen LogP contribution in [0.5, 0.6) is 0 Å². The molecular formula is C13H15FN2O3S. The lowest BCUT2D eigenvalue weighted by atomic mass is 10.1. The Morgan fingerprint density at radius 3 is 2.55 bits per heavy atom. The Kier molecular flexibility index (Phi) is 3.80. The summed E-state index contributed by atoms with van der Waals surface area (Å²) in [5.74, 6) is -0.243. The number of nitrogens with one attached hydrogen (secondary N) is 1. The number of sulfonamides is 1. The maximum Gasteiger partial charge on any atom is 0.267 e. The summed E-state index contributed by atoms with van der Waals surface area (Å²) in [6, 6.07) is 4.24. The Labute approximate surface area is 116 Å². The van der Waals surface area contributed by atoms with E-state index in [0.717, 1.165) is 6.07 Å². The molecule has 0 bridgehead atoms. The molecule has 0 radical (unpaired) electrons. The van der Waals surface area contributed by atoms with Crippen molar-refractivity contribution in [3.63, 3.8) is 0 Å². The van der Waals surface area contributed by atoms with Crippen molar-refractivity contribution >= 4 is 15.7 Å². The molecule has 7 heteroatoms. The lowest BCUT2D eigenvalue weighted by Gasteiger charge is -2.08. The van der Waals surface area contributed by atoms with E-state index in [2.05, 4.69) is 9.88 Å². The van der Waals surface area contributed by atoms with Crippen LogP contribution in [-0.4, -0.2) is 13.6 Å². The maximum absolute atomic E-state index is 13.7. The van der Waals surface area contributed by atoms with Crippen molar-refractivity contribution in [2.75, 3.05) is 4.72 Å². The van der Waals surface area contributed by atoms with Gasteiger partial charge < -0.3 is 4.52 Å². The van der Waals surface area contributed by atoms with E-state index in [1.807, 2.05) is 6.92 Å². The molecule has 2 aromatic rings. The molecule has 20 heavy (non-hydrogen) atoms. The topological polar surface area (TPSA) is 72.2 Å². The third-order valence-corrected chi connectivity index (χ3v) is 4.55. The van der Waals surface area contributed by atoms with Crippen molar-refractivity contribution < 1.29 is 17.3 Å². The number of rotatable bonds is 4. The van der Waals surface area contributed by atoms with E-state index in [4.69, 9.17) is 4.52 Å². The van der Waals surface area contributed by atoms with Crippen LogP contribution in [0.25, 0.3) is 0 Å². The Bertz CT molecular complexity index is 719. The van der Waals surface area contributed by atoms with Crippen LogP contribution in [-0.2, 0) is 16.4 Å². The Morgan fingerprint density at radius 2 is 2.05 bits per heavy atom. The summed E-state index contributed by atoms with van der Waals surface area (Å²) >= 11 is 0. The lowest BCUT2D eigenvalue weighted by Crippen LogP contribution is -2.14. The van der Waals surface area contributed by atoms with Crippen LogP contribution in [0.4, 0.5) is 10.1 Å². The predicted molar refractivity (Wildman–Crippen MR) is 72.6 cm³/mol. The second-order valence-corrected chi connectivity index (χ2v) is 6.04. The molecule has 0 unspecified atom stereocenters. The molecule has 0 saturated heterocycles. The highest BCUT2D eigenvalue weighted by Crippen LogP contribution is 2.23. The number of aromatic nitrogens is 1. The van der Waals surface area contributed by atoms with Gasteiger partial charge in [-0.2, -0.15) is 0 Å². The normalized spacial score (nSPS) is 11.6. The van der Waals surface area contributed by atoms with Gasteiger partial charge in [-0.25, -0.2) is 12.8 Å². The minimum Gasteiger partial charge on any atom is -0.360 e. The van der Waals surface area contributed by atoms with E-state index in [9.17, 15) is 12.8 Å². The number of anilines is 1. The van der Waals surface area contributed by atoms with Crippen molar-refractivity contribution in [3.8, 4) is 0 Å². The molecule has 0 saturated carbocycles. The minimum atomic E-state index is -3.84. The third-order valence-electron chi connectivity index (χ3n) is 2.92. The van der Waals surface area contributed by atoms with Gasteiger partial charge in [-0.05, 0) is 38.0 Å². The molecular weight excluding hydrogens is 283 g/mol. The smallest absolute Gasteiger partial charge is 0.267 e. The van der Waals surface area contributed by atoms with E-state index >= 15 is 0 Å². The molecule has 0 aliphatic rings. The molecule has 0 aliphatic heterocycles. The molecule has 108 valence electrons. The second kappa shape index (κ2) is 5.24. The summed E-state index contributed by atoms with van der Waals surface area (Å²) in [5.41, 5.74) is 0.964. The van der Waals surface area contributed by atoms with Gasteiger partial charge in [-0.3, -0.25) is 4.72 Å². The SMILES string of the molecule is CCc1ccc(NS(=O)(=O)c2c(C)noc2C)cc1F. The Hall–Kier alpha value is -1.89. The summed E-state index contributed by atoms with van der Waals surface area (Å²) in [7, 11) is -3.84. The van der Waals surface area contributed by atoms with Gasteiger partial charge in [0.25, 0.3) is 10.0 Å². The van der Waals surface area contributed by atoms with E-state index in [1.165, 1.54) is 19.9 Å². The molecule has 2 rings (SSSR count). The zero-order valence-corrected chi connectivity index (χ0v) is 12.2. The number of benzene rings is 1. The van der Waals surface area contributed by atoms with Crippen LogP contribution in [0.2, 0.25) is 0 Å². The first-order valence-corrected chi connectivity index (χ1v) is 7.57. The van der Waals surface area contributed by atoms with Crippen LogP contribution in [0, 0.1) is 19.7 Å². The number of hydrogen-bond donors (Lipinski definition) is 1. The second-order valence-electron chi connectivity index (χ2n) is 4.42. The van der Waals surface area contributed by atoms with Gasteiger partial charge in [0.1, 0.15) is 11.5 Å². The zero-order valence-electron chi connectivity index (χ0n) is 11.4. The molecule has 1 N–H and O–H groups in total. The molecule has 5 nitrogen and oxygen atoms in total. The van der Waals surface area contributed by atoms with Crippen molar-refractivity contribution in [1.82, 2.24) is 5.16 Å². The number of aryl methyl sites for hydroxylation is 3. The first-order chi connectivity index (χ1) is 9.35. The highest BCUT2D eigenvalue weighted by Gasteiger charge is 2.24. The molecule has 1 aromatic carbocycles. The molecule has 0 atom stereocenters. The van der Waals surface area contributed by atoms with Crippen LogP contribution in [0.3, 0.4) is 0 Å².